The van der Waals surface area contributed by atoms with Crippen LogP contribution in [0.15, 0.2) is 48.8 Å². The largest absolute Gasteiger partial charge is 0.322 e. The van der Waals surface area contributed by atoms with Crippen LogP contribution in [0, 0.1) is 0 Å². The number of nitrogens with zero attached hydrogens (tertiary/aromatic N) is 2. The Hall–Kier alpha value is -2.37. The summed E-state index contributed by atoms with van der Waals surface area (Å²) < 4.78 is 0. The number of benzene rings is 2. The van der Waals surface area contributed by atoms with Crippen molar-refractivity contribution < 1.29 is 4.79 Å². The molecule has 0 aliphatic carbocycles. The maximum Gasteiger partial charge on any atom is 0.257 e. The van der Waals surface area contributed by atoms with Crippen molar-refractivity contribution in [3.63, 3.8) is 0 Å². The number of amides is 1. The molecule has 0 saturated carbocycles. The fourth-order valence-electron chi connectivity index (χ4n) is 1.97. The molecule has 0 radical (unpaired) electrons. The molecule has 1 aromatic heterocycles. The van der Waals surface area contributed by atoms with Crippen LogP contribution in [0.4, 0.5) is 5.69 Å². The summed E-state index contributed by atoms with van der Waals surface area (Å²) in [6.45, 7) is 0. The first-order chi connectivity index (χ1) is 10.6. The van der Waals surface area contributed by atoms with Crippen LogP contribution in [0.25, 0.3) is 11.4 Å². The Morgan fingerprint density at radius 2 is 1.95 bits per heavy atom. The molecular formula is C15H10Cl2N4O. The molecule has 3 aromatic rings. The Balaban J connectivity index is 1.86. The van der Waals surface area contributed by atoms with Crippen molar-refractivity contribution in [2.75, 3.05) is 5.32 Å². The molecule has 1 amide bonds. The predicted octanol–water partition coefficient (Wildman–Crippen LogP) is 4.03. The average Bonchev–Trinajstić information content (AvgIpc) is 3.04. The van der Waals surface area contributed by atoms with E-state index >= 15 is 0 Å². The van der Waals surface area contributed by atoms with Gasteiger partial charge in [0.1, 0.15) is 6.33 Å². The smallest absolute Gasteiger partial charge is 0.257 e. The Labute approximate surface area is 136 Å². The maximum absolute atomic E-state index is 12.3. The van der Waals surface area contributed by atoms with Crippen molar-refractivity contribution in [3.8, 4) is 11.4 Å². The minimum absolute atomic E-state index is 0.230. The van der Waals surface area contributed by atoms with Gasteiger partial charge < -0.3 is 5.32 Å². The van der Waals surface area contributed by atoms with Crippen molar-refractivity contribution >= 4 is 34.8 Å². The normalized spacial score (nSPS) is 10.5. The number of carbonyl (C=O) groups excluding carboxylic acids is 1. The molecule has 3 rings (SSSR count). The highest BCUT2D eigenvalue weighted by molar-refractivity contribution is 6.44. The summed E-state index contributed by atoms with van der Waals surface area (Å²) in [6.07, 6.45) is 1.42. The lowest BCUT2D eigenvalue weighted by atomic mass is 10.1. The Kier molecular flexibility index (Phi) is 4.09. The Morgan fingerprint density at radius 1 is 1.14 bits per heavy atom. The monoisotopic (exact) mass is 332 g/mol. The molecule has 0 fully saturated rings. The Bertz CT molecular complexity index is 818. The average molecular weight is 333 g/mol. The topological polar surface area (TPSA) is 70.7 Å². The fraction of sp³-hybridized carbons (Fsp3) is 0. The molecule has 110 valence electrons. The molecule has 0 bridgehead atoms. The highest BCUT2D eigenvalue weighted by atomic mass is 35.5. The standard InChI is InChI=1S/C15H10Cl2N4O/c16-12-6-2-5-11(13(12)17)15(22)20-10-4-1-3-9(7-10)14-18-8-19-21-14/h1-8H,(H,20,22)(H,18,19,21). The zero-order valence-corrected chi connectivity index (χ0v) is 12.7. The number of carbonyl (C=O) groups is 1. The van der Waals surface area contributed by atoms with Crippen molar-refractivity contribution in [2.24, 2.45) is 0 Å². The predicted molar refractivity (Wildman–Crippen MR) is 86.2 cm³/mol. The van der Waals surface area contributed by atoms with Gasteiger partial charge in [0, 0.05) is 11.3 Å². The van der Waals surface area contributed by atoms with Gasteiger partial charge in [-0.1, -0.05) is 41.4 Å². The van der Waals surface area contributed by atoms with Crippen LogP contribution >= 0.6 is 23.2 Å². The van der Waals surface area contributed by atoms with Gasteiger partial charge in [0.25, 0.3) is 5.91 Å². The molecule has 1 heterocycles. The minimum Gasteiger partial charge on any atom is -0.322 e. The van der Waals surface area contributed by atoms with E-state index in [1.807, 2.05) is 12.1 Å². The molecule has 0 atom stereocenters. The van der Waals surface area contributed by atoms with Gasteiger partial charge in [0.05, 0.1) is 15.6 Å². The van der Waals surface area contributed by atoms with Gasteiger partial charge in [-0.2, -0.15) is 5.10 Å². The van der Waals surface area contributed by atoms with E-state index in [1.165, 1.54) is 6.33 Å². The van der Waals surface area contributed by atoms with Gasteiger partial charge in [0.15, 0.2) is 5.82 Å². The van der Waals surface area contributed by atoms with Gasteiger partial charge in [0.2, 0.25) is 0 Å². The fourth-order valence-corrected chi connectivity index (χ4v) is 2.35. The van der Waals surface area contributed by atoms with Gasteiger partial charge in [-0.3, -0.25) is 9.89 Å². The lowest BCUT2D eigenvalue weighted by Crippen LogP contribution is -2.12. The van der Waals surface area contributed by atoms with Gasteiger partial charge in [-0.25, -0.2) is 4.98 Å². The molecule has 22 heavy (non-hydrogen) atoms. The van der Waals surface area contributed by atoms with Crippen LogP contribution in [0.3, 0.4) is 0 Å². The molecule has 0 unspecified atom stereocenters. The summed E-state index contributed by atoms with van der Waals surface area (Å²) in [6, 6.07) is 12.2. The summed E-state index contributed by atoms with van der Waals surface area (Å²) >= 11 is 12.0. The third-order valence-electron chi connectivity index (χ3n) is 3.01. The number of H-pyrrole nitrogens is 1. The SMILES string of the molecule is O=C(Nc1cccc(-c2ncn[nH]2)c1)c1cccc(Cl)c1Cl. The van der Waals surface area contributed by atoms with Crippen LogP contribution in [0.2, 0.25) is 10.0 Å². The quantitative estimate of drug-likeness (QED) is 0.760. The molecule has 5 nitrogen and oxygen atoms in total. The first-order valence-corrected chi connectivity index (χ1v) is 7.12. The first kappa shape index (κ1) is 14.6. The minimum atomic E-state index is -0.331. The molecule has 0 aliphatic rings. The second kappa shape index (κ2) is 6.17. The summed E-state index contributed by atoms with van der Waals surface area (Å²) in [5.74, 6) is 0.291. The van der Waals surface area contributed by atoms with E-state index in [2.05, 4.69) is 20.5 Å². The molecule has 2 aromatic carbocycles. The van der Waals surface area contributed by atoms with Crippen LogP contribution in [0.1, 0.15) is 10.4 Å². The number of rotatable bonds is 3. The lowest BCUT2D eigenvalue weighted by molar-refractivity contribution is 0.102. The summed E-state index contributed by atoms with van der Waals surface area (Å²) in [4.78, 5) is 16.4. The van der Waals surface area contributed by atoms with Crippen LogP contribution in [-0.2, 0) is 0 Å². The van der Waals surface area contributed by atoms with Gasteiger partial charge in [-0.05, 0) is 24.3 Å². The van der Waals surface area contributed by atoms with Gasteiger partial charge in [-0.15, -0.1) is 0 Å². The number of anilines is 1. The van der Waals surface area contributed by atoms with E-state index < -0.39 is 0 Å². The van der Waals surface area contributed by atoms with Crippen molar-refractivity contribution in [2.45, 2.75) is 0 Å². The second-order valence-electron chi connectivity index (χ2n) is 4.47. The maximum atomic E-state index is 12.3. The molecular weight excluding hydrogens is 323 g/mol. The van der Waals surface area contributed by atoms with E-state index in [-0.39, 0.29) is 10.9 Å². The van der Waals surface area contributed by atoms with E-state index in [0.29, 0.717) is 22.1 Å². The molecule has 0 aliphatic heterocycles. The number of hydrogen-bond acceptors (Lipinski definition) is 3. The summed E-state index contributed by atoms with van der Waals surface area (Å²) in [5.41, 5.74) is 1.75. The third-order valence-corrected chi connectivity index (χ3v) is 3.82. The number of hydrogen-bond donors (Lipinski definition) is 2. The lowest BCUT2D eigenvalue weighted by Gasteiger charge is -2.08. The number of aromatic nitrogens is 3. The van der Waals surface area contributed by atoms with E-state index in [9.17, 15) is 4.79 Å². The van der Waals surface area contributed by atoms with Crippen LogP contribution in [-0.4, -0.2) is 21.1 Å². The van der Waals surface area contributed by atoms with E-state index in [4.69, 9.17) is 23.2 Å². The van der Waals surface area contributed by atoms with Gasteiger partial charge >= 0.3 is 0 Å². The van der Waals surface area contributed by atoms with Crippen molar-refractivity contribution in [1.29, 1.82) is 0 Å². The number of nitrogens with one attached hydrogen (secondary N) is 2. The zero-order chi connectivity index (χ0) is 15.5. The zero-order valence-electron chi connectivity index (χ0n) is 11.2. The van der Waals surface area contributed by atoms with Crippen LogP contribution in [0.5, 0.6) is 0 Å². The Morgan fingerprint density at radius 3 is 2.73 bits per heavy atom. The first-order valence-electron chi connectivity index (χ1n) is 6.36. The number of aromatic amines is 1. The van der Waals surface area contributed by atoms with Crippen molar-refractivity contribution in [1.82, 2.24) is 15.2 Å². The summed E-state index contributed by atoms with van der Waals surface area (Å²) in [7, 11) is 0. The van der Waals surface area contributed by atoms with Crippen molar-refractivity contribution in [3.05, 3.63) is 64.4 Å². The molecule has 0 saturated heterocycles. The number of halogens is 2. The van der Waals surface area contributed by atoms with E-state index in [1.54, 1.807) is 30.3 Å². The molecule has 0 spiro atoms. The second-order valence-corrected chi connectivity index (χ2v) is 5.26. The summed E-state index contributed by atoms with van der Waals surface area (Å²) in [5, 5.41) is 9.92. The highest BCUT2D eigenvalue weighted by Crippen LogP contribution is 2.26. The van der Waals surface area contributed by atoms with Crippen LogP contribution < -0.4 is 5.32 Å². The highest BCUT2D eigenvalue weighted by Gasteiger charge is 2.13. The van der Waals surface area contributed by atoms with E-state index in [0.717, 1.165) is 5.56 Å². The third kappa shape index (κ3) is 2.95. The molecule has 7 heteroatoms. The molecule has 2 N–H and O–H groups in total.